The summed E-state index contributed by atoms with van der Waals surface area (Å²) in [5.41, 5.74) is 0. The van der Waals surface area contributed by atoms with Gasteiger partial charge in [-0.3, -0.25) is 0 Å². The largest absolute Gasteiger partial charge is 0.333 e. The van der Waals surface area contributed by atoms with Gasteiger partial charge in [-0.05, 0) is 13.8 Å². The Bertz CT molecular complexity index is 121. The summed E-state index contributed by atoms with van der Waals surface area (Å²) in [5.74, 6) is 0. The SMILES string of the molecule is C#CN(CC)CC.CCCC.CCCC.CCCC.[Sn]. The molecule has 2 heteroatoms. The zero-order valence-electron chi connectivity index (χ0n) is 15.7. The predicted octanol–water partition coefficient (Wildman–Crippen LogP) is 5.96. The topological polar surface area (TPSA) is 3.24 Å². The van der Waals surface area contributed by atoms with Gasteiger partial charge < -0.3 is 4.90 Å². The number of hydrogen-bond donors (Lipinski definition) is 0. The van der Waals surface area contributed by atoms with E-state index in [2.05, 4.69) is 47.6 Å². The van der Waals surface area contributed by atoms with Crippen molar-refractivity contribution in [2.75, 3.05) is 13.1 Å². The molecule has 0 atom stereocenters. The zero-order valence-corrected chi connectivity index (χ0v) is 18.5. The second-order valence-corrected chi connectivity index (χ2v) is 4.30. The first-order valence-electron chi connectivity index (χ1n) is 8.30. The molecule has 0 aromatic carbocycles. The summed E-state index contributed by atoms with van der Waals surface area (Å²) in [6.45, 7) is 19.1. The average Bonchev–Trinajstić information content (AvgIpc) is 2.49. The fraction of sp³-hybridized carbons (Fsp3) is 0.889. The van der Waals surface area contributed by atoms with Crippen molar-refractivity contribution in [3.05, 3.63) is 0 Å². The van der Waals surface area contributed by atoms with Gasteiger partial charge in [0, 0.05) is 43.0 Å². The summed E-state index contributed by atoms with van der Waals surface area (Å²) in [6.07, 6.45) is 13.0. The van der Waals surface area contributed by atoms with Crippen molar-refractivity contribution in [1.29, 1.82) is 0 Å². The van der Waals surface area contributed by atoms with Crippen LogP contribution < -0.4 is 0 Å². The van der Waals surface area contributed by atoms with Gasteiger partial charge in [0.05, 0.1) is 0 Å². The normalized spacial score (nSPS) is 7.15. The van der Waals surface area contributed by atoms with Crippen LogP contribution in [0.3, 0.4) is 0 Å². The van der Waals surface area contributed by atoms with Crippen LogP contribution in [0.15, 0.2) is 0 Å². The molecule has 122 valence electrons. The van der Waals surface area contributed by atoms with Gasteiger partial charge in [-0.1, -0.05) is 86.5 Å². The molecular weight excluding hydrogens is 349 g/mol. The van der Waals surface area contributed by atoms with Crippen molar-refractivity contribution in [3.8, 4) is 12.5 Å². The summed E-state index contributed by atoms with van der Waals surface area (Å²) in [6, 6.07) is 2.53. The summed E-state index contributed by atoms with van der Waals surface area (Å²) in [4.78, 5) is 1.90. The minimum Gasteiger partial charge on any atom is -0.333 e. The molecule has 0 fully saturated rings. The van der Waals surface area contributed by atoms with Crippen LogP contribution in [-0.2, 0) is 0 Å². The predicted molar refractivity (Wildman–Crippen MR) is 99.3 cm³/mol. The van der Waals surface area contributed by atoms with Gasteiger partial charge in [0.25, 0.3) is 0 Å². The van der Waals surface area contributed by atoms with Crippen LogP contribution in [0.5, 0.6) is 0 Å². The molecule has 0 amide bonds. The molecule has 0 aromatic rings. The third-order valence-electron chi connectivity index (χ3n) is 2.45. The van der Waals surface area contributed by atoms with Crippen molar-refractivity contribution in [1.82, 2.24) is 4.90 Å². The van der Waals surface area contributed by atoms with Crippen LogP contribution in [0.1, 0.15) is 93.9 Å². The number of nitrogens with zero attached hydrogens (tertiary/aromatic N) is 1. The van der Waals surface area contributed by atoms with Gasteiger partial charge in [0.1, 0.15) is 0 Å². The van der Waals surface area contributed by atoms with Gasteiger partial charge >= 0.3 is 0 Å². The molecule has 0 aliphatic rings. The van der Waals surface area contributed by atoms with Gasteiger partial charge in [0.15, 0.2) is 0 Å². The second-order valence-electron chi connectivity index (χ2n) is 4.30. The molecule has 0 saturated carbocycles. The zero-order chi connectivity index (χ0) is 15.9. The van der Waals surface area contributed by atoms with E-state index in [1.807, 2.05) is 18.7 Å². The van der Waals surface area contributed by atoms with E-state index >= 15 is 0 Å². The molecule has 1 nitrogen and oxygen atoms in total. The molecule has 0 bridgehead atoms. The van der Waals surface area contributed by atoms with Gasteiger partial charge in [-0.25, -0.2) is 0 Å². The number of unbranched alkanes of at least 4 members (excludes halogenated alkanes) is 3. The molecule has 0 spiro atoms. The van der Waals surface area contributed by atoms with E-state index in [9.17, 15) is 0 Å². The molecular formula is C18H41NSn. The molecule has 0 unspecified atom stereocenters. The van der Waals surface area contributed by atoms with Crippen LogP contribution in [0.2, 0.25) is 0 Å². The van der Waals surface area contributed by atoms with Crippen LogP contribution >= 0.6 is 0 Å². The molecule has 0 saturated heterocycles. The Labute approximate surface area is 148 Å². The van der Waals surface area contributed by atoms with Crippen molar-refractivity contribution in [3.63, 3.8) is 0 Å². The van der Waals surface area contributed by atoms with E-state index < -0.39 is 0 Å². The Hall–Kier alpha value is 0.159. The van der Waals surface area contributed by atoms with Crippen LogP contribution in [-0.4, -0.2) is 41.9 Å². The Morgan fingerprint density at radius 2 is 0.800 bits per heavy atom. The summed E-state index contributed by atoms with van der Waals surface area (Å²) in [5, 5.41) is 0. The summed E-state index contributed by atoms with van der Waals surface area (Å²) >= 11 is 0. The minimum atomic E-state index is 0. The first-order chi connectivity index (χ1) is 9.09. The van der Waals surface area contributed by atoms with Gasteiger partial charge in [-0.15, -0.1) is 0 Å². The molecule has 4 radical (unpaired) electrons. The van der Waals surface area contributed by atoms with Gasteiger partial charge in [0.2, 0.25) is 0 Å². The number of rotatable bonds is 5. The van der Waals surface area contributed by atoms with Crippen molar-refractivity contribution in [2.24, 2.45) is 0 Å². The summed E-state index contributed by atoms with van der Waals surface area (Å²) < 4.78 is 0. The maximum Gasteiger partial charge on any atom is 0.0231 e. The molecule has 0 N–H and O–H groups in total. The third kappa shape index (κ3) is 63.7. The minimum absolute atomic E-state index is 0. The maximum absolute atomic E-state index is 5.07. The Morgan fingerprint density at radius 3 is 0.800 bits per heavy atom. The standard InChI is InChI=1S/C6H11N.3C4H10.Sn/c1-4-7(5-2)6-3;3*1-3-4-2;/h1H,5-6H2,2-3H3;3*3-4H2,1-2H3;. The van der Waals surface area contributed by atoms with Crippen molar-refractivity contribution in [2.45, 2.75) is 93.9 Å². The van der Waals surface area contributed by atoms with Crippen molar-refractivity contribution < 1.29 is 0 Å². The first kappa shape index (κ1) is 32.2. The molecule has 0 aliphatic heterocycles. The molecule has 20 heavy (non-hydrogen) atoms. The summed E-state index contributed by atoms with van der Waals surface area (Å²) in [7, 11) is 0. The van der Waals surface area contributed by atoms with Gasteiger partial charge in [-0.2, -0.15) is 0 Å². The van der Waals surface area contributed by atoms with E-state index in [0.29, 0.717) is 0 Å². The number of terminal acetylenes is 1. The Kier molecular flexibility index (Phi) is 68.8. The van der Waals surface area contributed by atoms with Crippen LogP contribution in [0.25, 0.3) is 0 Å². The first-order valence-corrected chi connectivity index (χ1v) is 8.30. The van der Waals surface area contributed by atoms with Crippen LogP contribution in [0, 0.1) is 12.5 Å². The molecule has 0 heterocycles. The average molecular weight is 390 g/mol. The maximum atomic E-state index is 5.07. The Morgan fingerprint density at radius 1 is 0.600 bits per heavy atom. The quantitative estimate of drug-likeness (QED) is 0.318. The van der Waals surface area contributed by atoms with Crippen molar-refractivity contribution >= 4 is 23.9 Å². The Balaban J connectivity index is -0.0000000512. The van der Waals surface area contributed by atoms with E-state index in [1.54, 1.807) is 0 Å². The third-order valence-corrected chi connectivity index (χ3v) is 2.45. The van der Waals surface area contributed by atoms with E-state index in [0.717, 1.165) is 13.1 Å². The molecule has 0 aromatic heterocycles. The number of hydrogen-bond acceptors (Lipinski definition) is 1. The molecule has 0 rings (SSSR count). The van der Waals surface area contributed by atoms with E-state index in [-0.39, 0.29) is 23.9 Å². The second kappa shape index (κ2) is 42.7. The van der Waals surface area contributed by atoms with E-state index in [4.69, 9.17) is 6.42 Å². The van der Waals surface area contributed by atoms with Crippen LogP contribution in [0.4, 0.5) is 0 Å². The smallest absolute Gasteiger partial charge is 0.0231 e. The fourth-order valence-corrected chi connectivity index (χ4v) is 0.406. The molecule has 0 aliphatic carbocycles. The fourth-order valence-electron chi connectivity index (χ4n) is 0.406. The van der Waals surface area contributed by atoms with E-state index in [1.165, 1.54) is 38.5 Å². The monoisotopic (exact) mass is 391 g/mol.